The monoisotopic (exact) mass is 512 g/mol. The van der Waals surface area contributed by atoms with Crippen molar-refractivity contribution in [3.63, 3.8) is 0 Å². The van der Waals surface area contributed by atoms with Crippen LogP contribution in [0.25, 0.3) is 10.8 Å². The topological polar surface area (TPSA) is 81.1 Å². The molecule has 1 aliphatic rings. The summed E-state index contributed by atoms with van der Waals surface area (Å²) >= 11 is 0. The second kappa shape index (κ2) is 12.5. The van der Waals surface area contributed by atoms with E-state index >= 15 is 0 Å². The van der Waals surface area contributed by atoms with Crippen molar-refractivity contribution >= 4 is 16.9 Å². The summed E-state index contributed by atoms with van der Waals surface area (Å²) in [5.74, 6) is 0.869. The summed E-state index contributed by atoms with van der Waals surface area (Å²) in [7, 11) is 0. The number of likely N-dealkylation sites (tertiary alicyclic amines) is 1. The van der Waals surface area contributed by atoms with E-state index in [1.165, 1.54) is 15.7 Å². The zero-order chi connectivity index (χ0) is 26.2. The van der Waals surface area contributed by atoms with Crippen LogP contribution in [0, 0.1) is 0 Å². The summed E-state index contributed by atoms with van der Waals surface area (Å²) in [5.41, 5.74) is 3.09. The van der Waals surface area contributed by atoms with Crippen molar-refractivity contribution in [2.45, 2.75) is 31.7 Å². The molecule has 7 heteroatoms. The van der Waals surface area contributed by atoms with Crippen LogP contribution in [0.1, 0.15) is 29.2 Å². The second-order valence-corrected chi connectivity index (χ2v) is 9.45. The van der Waals surface area contributed by atoms with E-state index in [1.807, 2.05) is 42.5 Å². The summed E-state index contributed by atoms with van der Waals surface area (Å²) in [6.45, 7) is 2.64. The fourth-order valence-electron chi connectivity index (χ4n) is 4.86. The lowest BCUT2D eigenvalue weighted by molar-refractivity contribution is -0.0199. The van der Waals surface area contributed by atoms with Crippen LogP contribution in [0.5, 0.6) is 5.75 Å². The number of carboxylic acid groups (broad SMARTS) is 1. The first-order valence-electron chi connectivity index (χ1n) is 12.9. The average molecular weight is 513 g/mol. The molecule has 1 N–H and O–H groups in total. The van der Waals surface area contributed by atoms with Gasteiger partial charge in [0.05, 0.1) is 38.2 Å². The Morgan fingerprint density at radius 3 is 2.53 bits per heavy atom. The van der Waals surface area contributed by atoms with Crippen molar-refractivity contribution in [3.8, 4) is 5.75 Å². The molecule has 38 heavy (non-hydrogen) atoms. The van der Waals surface area contributed by atoms with Gasteiger partial charge < -0.3 is 24.2 Å². The van der Waals surface area contributed by atoms with E-state index in [-0.39, 0.29) is 12.0 Å². The third-order valence-electron chi connectivity index (χ3n) is 6.89. The number of ether oxygens (including phenoxy) is 3. The molecule has 2 unspecified atom stereocenters. The van der Waals surface area contributed by atoms with Gasteiger partial charge in [0.25, 0.3) is 0 Å². The number of pyridine rings is 1. The minimum absolute atomic E-state index is 0.0989. The molecule has 0 bridgehead atoms. The van der Waals surface area contributed by atoms with Gasteiger partial charge in [0, 0.05) is 18.7 Å². The minimum Gasteiger partial charge on any atom is -0.491 e. The number of aromatic nitrogens is 1. The standard InChI is InChI=1S/C31H32N2O5/c34-31(35)33-16-14-29(30(20-33)38-21-23-8-9-24-5-1-2-6-26(24)19-23)25-10-12-28(13-11-25)37-18-17-36-22-27-7-3-4-15-32-27/h1-13,15,19,29-30H,14,16-18,20-22H2,(H,34,35). The van der Waals surface area contributed by atoms with E-state index in [0.717, 1.165) is 22.6 Å². The molecule has 1 fully saturated rings. The number of carbonyl (C=O) groups is 1. The summed E-state index contributed by atoms with van der Waals surface area (Å²) in [5, 5.41) is 11.9. The Morgan fingerprint density at radius 2 is 1.74 bits per heavy atom. The predicted molar refractivity (Wildman–Crippen MR) is 145 cm³/mol. The molecule has 4 aromatic rings. The molecule has 3 aromatic carbocycles. The second-order valence-electron chi connectivity index (χ2n) is 9.45. The predicted octanol–water partition coefficient (Wildman–Crippen LogP) is 5.88. The Kier molecular flexibility index (Phi) is 8.48. The first-order valence-corrected chi connectivity index (χ1v) is 12.9. The van der Waals surface area contributed by atoms with Crippen molar-refractivity contribution in [1.82, 2.24) is 9.88 Å². The van der Waals surface area contributed by atoms with Gasteiger partial charge >= 0.3 is 6.09 Å². The van der Waals surface area contributed by atoms with E-state index in [0.29, 0.717) is 45.9 Å². The number of nitrogens with zero attached hydrogens (tertiary/aromatic N) is 2. The molecular weight excluding hydrogens is 480 g/mol. The zero-order valence-electron chi connectivity index (χ0n) is 21.2. The van der Waals surface area contributed by atoms with Crippen LogP contribution in [0.2, 0.25) is 0 Å². The van der Waals surface area contributed by atoms with E-state index in [2.05, 4.69) is 47.4 Å². The average Bonchev–Trinajstić information content (AvgIpc) is 2.96. The number of hydrogen-bond acceptors (Lipinski definition) is 5. The van der Waals surface area contributed by atoms with Crippen molar-refractivity contribution < 1.29 is 24.1 Å². The third-order valence-corrected chi connectivity index (χ3v) is 6.89. The van der Waals surface area contributed by atoms with Gasteiger partial charge in [0.15, 0.2) is 0 Å². The summed E-state index contributed by atoms with van der Waals surface area (Å²) in [6, 6.07) is 28.3. The maximum Gasteiger partial charge on any atom is 0.407 e. The number of rotatable bonds is 10. The molecule has 0 spiro atoms. The van der Waals surface area contributed by atoms with Crippen LogP contribution in [0.4, 0.5) is 4.79 Å². The maximum atomic E-state index is 11.7. The third kappa shape index (κ3) is 6.68. The first-order chi connectivity index (χ1) is 18.7. The molecule has 0 aliphatic carbocycles. The molecular formula is C31H32N2O5. The van der Waals surface area contributed by atoms with E-state index in [9.17, 15) is 9.90 Å². The van der Waals surface area contributed by atoms with Crippen LogP contribution in [-0.4, -0.2) is 53.5 Å². The van der Waals surface area contributed by atoms with Gasteiger partial charge in [0.1, 0.15) is 12.4 Å². The SMILES string of the molecule is O=C(O)N1CCC(c2ccc(OCCOCc3ccccn3)cc2)C(OCc2ccc3ccccc3c2)C1. The smallest absolute Gasteiger partial charge is 0.407 e. The first kappa shape index (κ1) is 25.7. The van der Waals surface area contributed by atoms with E-state index < -0.39 is 6.09 Å². The van der Waals surface area contributed by atoms with Crippen molar-refractivity contribution in [3.05, 3.63) is 108 Å². The molecule has 1 aromatic heterocycles. The number of fused-ring (bicyclic) bond motifs is 1. The zero-order valence-corrected chi connectivity index (χ0v) is 21.2. The largest absolute Gasteiger partial charge is 0.491 e. The normalized spacial score (nSPS) is 17.4. The lowest BCUT2D eigenvalue weighted by Gasteiger charge is -2.37. The molecule has 1 saturated heterocycles. The highest BCUT2D eigenvalue weighted by atomic mass is 16.5. The highest BCUT2D eigenvalue weighted by Gasteiger charge is 2.33. The van der Waals surface area contributed by atoms with Crippen molar-refractivity contribution in [1.29, 1.82) is 0 Å². The summed E-state index contributed by atoms with van der Waals surface area (Å²) in [6.07, 6.45) is 1.31. The van der Waals surface area contributed by atoms with Gasteiger partial charge in [-0.1, -0.05) is 54.6 Å². The molecule has 1 aliphatic heterocycles. The van der Waals surface area contributed by atoms with Crippen LogP contribution in [-0.2, 0) is 22.7 Å². The highest BCUT2D eigenvalue weighted by Crippen LogP contribution is 2.32. The molecule has 5 rings (SSSR count). The fraction of sp³-hybridized carbons (Fsp3) is 0.290. The van der Waals surface area contributed by atoms with Crippen LogP contribution in [0.3, 0.4) is 0 Å². The lowest BCUT2D eigenvalue weighted by atomic mass is 9.87. The Hall–Kier alpha value is -3.94. The van der Waals surface area contributed by atoms with Gasteiger partial charge in [-0.3, -0.25) is 4.98 Å². The van der Waals surface area contributed by atoms with Crippen molar-refractivity contribution in [2.75, 3.05) is 26.3 Å². The van der Waals surface area contributed by atoms with Crippen LogP contribution >= 0.6 is 0 Å². The lowest BCUT2D eigenvalue weighted by Crippen LogP contribution is -2.46. The number of hydrogen-bond donors (Lipinski definition) is 1. The Morgan fingerprint density at radius 1 is 0.921 bits per heavy atom. The molecule has 0 radical (unpaired) electrons. The molecule has 1 amide bonds. The van der Waals surface area contributed by atoms with E-state index in [1.54, 1.807) is 6.20 Å². The Bertz CT molecular complexity index is 1330. The molecule has 196 valence electrons. The Labute approximate surface area is 222 Å². The molecule has 0 saturated carbocycles. The van der Waals surface area contributed by atoms with Gasteiger partial charge in [-0.15, -0.1) is 0 Å². The minimum atomic E-state index is -0.906. The van der Waals surface area contributed by atoms with Gasteiger partial charge in [-0.25, -0.2) is 4.79 Å². The number of amides is 1. The number of piperidine rings is 1. The molecule has 2 atom stereocenters. The van der Waals surface area contributed by atoms with Gasteiger partial charge in [-0.2, -0.15) is 0 Å². The van der Waals surface area contributed by atoms with Crippen LogP contribution in [0.15, 0.2) is 91.1 Å². The summed E-state index contributed by atoms with van der Waals surface area (Å²) in [4.78, 5) is 17.4. The van der Waals surface area contributed by atoms with Crippen LogP contribution < -0.4 is 4.74 Å². The van der Waals surface area contributed by atoms with Gasteiger partial charge in [0.2, 0.25) is 0 Å². The highest BCUT2D eigenvalue weighted by molar-refractivity contribution is 5.82. The van der Waals surface area contributed by atoms with E-state index in [4.69, 9.17) is 14.2 Å². The molecule has 7 nitrogen and oxygen atoms in total. The van der Waals surface area contributed by atoms with Gasteiger partial charge in [-0.05, 0) is 58.7 Å². The summed E-state index contributed by atoms with van der Waals surface area (Å²) < 4.78 is 17.8. The number of benzene rings is 3. The molecule has 2 heterocycles. The Balaban J connectivity index is 1.17. The van der Waals surface area contributed by atoms with Crippen molar-refractivity contribution in [2.24, 2.45) is 0 Å². The maximum absolute atomic E-state index is 11.7. The fourth-order valence-corrected chi connectivity index (χ4v) is 4.86. The quantitative estimate of drug-likeness (QED) is 0.267.